The van der Waals surface area contributed by atoms with Gasteiger partial charge in [0, 0.05) is 26.0 Å². The summed E-state index contributed by atoms with van der Waals surface area (Å²) in [5.41, 5.74) is 3.06. The first-order chi connectivity index (χ1) is 23.3. The van der Waals surface area contributed by atoms with E-state index in [2.05, 4.69) is 16.0 Å². The second-order valence-corrected chi connectivity index (χ2v) is 13.7. The number of carbonyl (C=O) groups excluding carboxylic acids is 4. The van der Waals surface area contributed by atoms with E-state index in [9.17, 15) is 19.2 Å². The minimum atomic E-state index is -0.529. The molecule has 3 aromatic carbocycles. The molecule has 1 aliphatic rings. The maximum Gasteiger partial charge on any atom is 0.341 e. The molecule has 1 aliphatic carbocycles. The van der Waals surface area contributed by atoms with Gasteiger partial charge >= 0.3 is 5.97 Å². The van der Waals surface area contributed by atoms with Crippen LogP contribution in [0.15, 0.2) is 89.5 Å². The minimum Gasteiger partial charge on any atom is -0.462 e. The number of ether oxygens (including phenoxy) is 1. The number of benzene rings is 3. The maximum atomic E-state index is 13.5. The molecule has 1 aromatic heterocycles. The fourth-order valence-electron chi connectivity index (χ4n) is 5.31. The van der Waals surface area contributed by atoms with Gasteiger partial charge in [-0.1, -0.05) is 60.8 Å². The molecular weight excluding hydrogens is 666 g/mol. The lowest BCUT2D eigenvalue weighted by molar-refractivity contribution is -0.114. The third-order valence-corrected chi connectivity index (χ3v) is 9.99. The summed E-state index contributed by atoms with van der Waals surface area (Å²) in [7, 11) is 0. The summed E-state index contributed by atoms with van der Waals surface area (Å²) in [6.07, 6.45) is 7.59. The predicted molar refractivity (Wildman–Crippen MR) is 194 cm³/mol. The summed E-state index contributed by atoms with van der Waals surface area (Å²) >= 11 is 8.93. The lowest BCUT2D eigenvalue weighted by Gasteiger charge is -2.12. The Morgan fingerprint density at radius 1 is 0.896 bits per heavy atom. The highest BCUT2D eigenvalue weighted by Gasteiger charge is 2.26. The summed E-state index contributed by atoms with van der Waals surface area (Å²) in [4.78, 5) is 54.4. The van der Waals surface area contributed by atoms with Gasteiger partial charge in [-0.2, -0.15) is 0 Å². The molecule has 8 nitrogen and oxygen atoms in total. The van der Waals surface area contributed by atoms with Crippen molar-refractivity contribution in [1.29, 1.82) is 0 Å². The molecule has 3 amide bonds. The van der Waals surface area contributed by atoms with E-state index < -0.39 is 17.8 Å². The van der Waals surface area contributed by atoms with Crippen LogP contribution in [0.5, 0.6) is 0 Å². The molecule has 4 aromatic rings. The molecule has 3 N–H and O–H groups in total. The van der Waals surface area contributed by atoms with E-state index in [0.29, 0.717) is 32.4 Å². The monoisotopic (exact) mass is 701 g/mol. The van der Waals surface area contributed by atoms with Gasteiger partial charge in [0.15, 0.2) is 0 Å². The van der Waals surface area contributed by atoms with E-state index in [0.717, 1.165) is 53.9 Å². The molecule has 0 saturated heterocycles. The van der Waals surface area contributed by atoms with Crippen molar-refractivity contribution >= 4 is 75.2 Å². The number of fused-ring (bicyclic) bond motifs is 1. The second kappa shape index (κ2) is 17.1. The Hall–Kier alpha value is -4.38. The van der Waals surface area contributed by atoms with Crippen molar-refractivity contribution in [3.8, 4) is 0 Å². The molecule has 0 saturated carbocycles. The minimum absolute atomic E-state index is 0.0333. The number of esters is 1. The van der Waals surface area contributed by atoms with Crippen LogP contribution in [0.4, 0.5) is 10.7 Å². The number of thiophene rings is 1. The van der Waals surface area contributed by atoms with Crippen LogP contribution in [0.2, 0.25) is 5.02 Å². The number of hydrogen-bond acceptors (Lipinski definition) is 7. The normalized spacial score (nSPS) is 13.0. The smallest absolute Gasteiger partial charge is 0.341 e. The number of nitrogens with one attached hydrogen (secondary N) is 3. The lowest BCUT2D eigenvalue weighted by atomic mass is 9.96. The van der Waals surface area contributed by atoms with Gasteiger partial charge in [-0.05, 0) is 92.3 Å². The molecule has 0 spiro atoms. The largest absolute Gasteiger partial charge is 0.462 e. The molecule has 0 radical (unpaired) electrons. The Morgan fingerprint density at radius 3 is 2.44 bits per heavy atom. The van der Waals surface area contributed by atoms with Gasteiger partial charge in [-0.3, -0.25) is 14.4 Å². The van der Waals surface area contributed by atoms with Gasteiger partial charge in [0.05, 0.1) is 17.9 Å². The summed E-state index contributed by atoms with van der Waals surface area (Å²) < 4.78 is 5.36. The van der Waals surface area contributed by atoms with Crippen molar-refractivity contribution in [2.75, 3.05) is 23.0 Å². The van der Waals surface area contributed by atoms with Crippen LogP contribution < -0.4 is 16.0 Å². The quantitative estimate of drug-likeness (QED) is 0.0823. The fourth-order valence-corrected chi connectivity index (χ4v) is 7.55. The Labute approximate surface area is 293 Å². The number of anilines is 2. The van der Waals surface area contributed by atoms with E-state index in [1.54, 1.807) is 85.8 Å². The molecule has 48 heavy (non-hydrogen) atoms. The van der Waals surface area contributed by atoms with E-state index in [-0.39, 0.29) is 24.0 Å². The van der Waals surface area contributed by atoms with E-state index in [1.165, 1.54) is 23.1 Å². The molecule has 0 atom stereocenters. The maximum absolute atomic E-state index is 13.5. The van der Waals surface area contributed by atoms with Gasteiger partial charge in [0.2, 0.25) is 5.91 Å². The Kier molecular flexibility index (Phi) is 12.5. The number of halogens is 1. The average Bonchev–Trinajstić information content (AvgIpc) is 3.39. The standard InChI is InChI=1S/C37H36ClN3O5S2/c1-2-46-37(45)33-29-18-8-3-4-9-19-31(29)48-36(33)41-32(42)23-47-28-17-11-16-27(22-28)39-35(44)30(21-24-12-10-15-26(38)20-24)40-34(43)25-13-6-5-7-14-25/h5-7,10-17,20-22H,2-4,8-9,18-19,23H2,1H3,(H,39,44)(H,40,43)(H,41,42)/b30-21-. The zero-order valence-corrected chi connectivity index (χ0v) is 28.9. The van der Waals surface area contributed by atoms with Crippen LogP contribution in [0.1, 0.15) is 69.3 Å². The molecular formula is C37H36ClN3O5S2. The number of aryl methyl sites for hydroxylation is 1. The first kappa shape index (κ1) is 34.9. The van der Waals surface area contributed by atoms with Crippen molar-refractivity contribution in [1.82, 2.24) is 5.32 Å². The van der Waals surface area contributed by atoms with Gasteiger partial charge in [-0.15, -0.1) is 23.1 Å². The number of thioether (sulfide) groups is 1. The third-order valence-electron chi connectivity index (χ3n) is 7.55. The average molecular weight is 702 g/mol. The molecule has 248 valence electrons. The molecule has 5 rings (SSSR count). The number of rotatable bonds is 11. The van der Waals surface area contributed by atoms with Crippen LogP contribution in [0.25, 0.3) is 6.08 Å². The van der Waals surface area contributed by atoms with Crippen molar-refractivity contribution in [2.24, 2.45) is 0 Å². The first-order valence-electron chi connectivity index (χ1n) is 15.8. The molecule has 0 fully saturated rings. The van der Waals surface area contributed by atoms with Crippen LogP contribution >= 0.6 is 34.7 Å². The Balaban J connectivity index is 1.27. The number of amides is 3. The lowest BCUT2D eigenvalue weighted by Crippen LogP contribution is -2.30. The number of carbonyl (C=O) groups is 4. The highest BCUT2D eigenvalue weighted by atomic mass is 35.5. The highest BCUT2D eigenvalue weighted by molar-refractivity contribution is 8.00. The van der Waals surface area contributed by atoms with E-state index >= 15 is 0 Å². The second-order valence-electron chi connectivity index (χ2n) is 11.1. The van der Waals surface area contributed by atoms with Crippen molar-refractivity contribution in [3.63, 3.8) is 0 Å². The topological polar surface area (TPSA) is 114 Å². The molecule has 0 bridgehead atoms. The molecule has 11 heteroatoms. The predicted octanol–water partition coefficient (Wildman–Crippen LogP) is 8.38. The van der Waals surface area contributed by atoms with Gasteiger partial charge in [0.25, 0.3) is 11.8 Å². The fraction of sp³-hybridized carbons (Fsp3) is 0.243. The highest BCUT2D eigenvalue weighted by Crippen LogP contribution is 2.38. The van der Waals surface area contributed by atoms with Crippen molar-refractivity contribution < 1.29 is 23.9 Å². The summed E-state index contributed by atoms with van der Waals surface area (Å²) in [5.74, 6) is -1.51. The van der Waals surface area contributed by atoms with Crippen molar-refractivity contribution in [2.45, 2.75) is 50.3 Å². The van der Waals surface area contributed by atoms with Crippen LogP contribution in [0, 0.1) is 0 Å². The SMILES string of the molecule is CCOC(=O)c1c(NC(=O)CSc2cccc(NC(=O)/C(=C/c3cccc(Cl)c3)NC(=O)c3ccccc3)c2)sc2c1CCCCCC2. The number of hydrogen-bond donors (Lipinski definition) is 3. The summed E-state index contributed by atoms with van der Waals surface area (Å²) in [5, 5.41) is 9.58. The van der Waals surface area contributed by atoms with Crippen LogP contribution in [-0.4, -0.2) is 36.1 Å². The van der Waals surface area contributed by atoms with Gasteiger partial charge in [-0.25, -0.2) is 4.79 Å². The third kappa shape index (κ3) is 9.59. The van der Waals surface area contributed by atoms with E-state index in [1.807, 2.05) is 6.07 Å². The molecule has 0 unspecified atom stereocenters. The zero-order chi connectivity index (χ0) is 33.9. The van der Waals surface area contributed by atoms with Gasteiger partial charge < -0.3 is 20.7 Å². The zero-order valence-electron chi connectivity index (χ0n) is 26.5. The summed E-state index contributed by atoms with van der Waals surface area (Å²) in [6.45, 7) is 2.04. The molecule has 0 aliphatic heterocycles. The van der Waals surface area contributed by atoms with Crippen molar-refractivity contribution in [3.05, 3.63) is 117 Å². The van der Waals surface area contributed by atoms with Gasteiger partial charge in [0.1, 0.15) is 10.7 Å². The first-order valence-corrected chi connectivity index (χ1v) is 18.0. The van der Waals surface area contributed by atoms with Crippen LogP contribution in [0.3, 0.4) is 0 Å². The Morgan fingerprint density at radius 2 is 1.67 bits per heavy atom. The molecule has 1 heterocycles. The summed E-state index contributed by atoms with van der Waals surface area (Å²) in [6, 6.07) is 22.7. The van der Waals surface area contributed by atoms with E-state index in [4.69, 9.17) is 16.3 Å². The van der Waals surface area contributed by atoms with Crippen LogP contribution in [-0.2, 0) is 27.2 Å². The Bertz CT molecular complexity index is 1820.